The van der Waals surface area contributed by atoms with Crippen molar-refractivity contribution in [3.8, 4) is 0 Å². The number of Topliss-reactive ketones (excluding diaryl/α,β-unsaturated/α-hetero) is 1. The maximum Gasteiger partial charge on any atom is 0.504 e. The summed E-state index contributed by atoms with van der Waals surface area (Å²) < 4.78 is 5.59. The van der Waals surface area contributed by atoms with E-state index in [1.807, 2.05) is 0 Å². The van der Waals surface area contributed by atoms with Crippen LogP contribution in [0.25, 0.3) is 4.98 Å². The van der Waals surface area contributed by atoms with Crippen molar-refractivity contribution in [3.05, 3.63) is 16.4 Å². The number of esters is 1. The summed E-state index contributed by atoms with van der Waals surface area (Å²) in [5.41, 5.74) is -0.157. The Hall–Kier alpha value is -1.90. The molecule has 4 rings (SSSR count). The lowest BCUT2D eigenvalue weighted by molar-refractivity contribution is -0.168. The first-order valence-electron chi connectivity index (χ1n) is 14.9. The van der Waals surface area contributed by atoms with Crippen LogP contribution in [0.3, 0.4) is 0 Å². The van der Waals surface area contributed by atoms with Crippen molar-refractivity contribution in [1.29, 1.82) is 5.39 Å². The summed E-state index contributed by atoms with van der Waals surface area (Å²) >= 11 is 0. The highest BCUT2D eigenvalue weighted by Crippen LogP contribution is 2.68. The number of carbonyl (C=O) groups excluding carboxylic acids is 2. The van der Waals surface area contributed by atoms with Gasteiger partial charge in [-0.3, -0.25) is 4.79 Å². The summed E-state index contributed by atoms with van der Waals surface area (Å²) in [5.74, 6) is 3.05. The number of ether oxygens (including phenoxy) is 1. The molecule has 6 nitrogen and oxygen atoms in total. The summed E-state index contributed by atoms with van der Waals surface area (Å²) in [6, 6.07) is 0. The number of fused-ring (bicyclic) bond motifs is 5. The van der Waals surface area contributed by atoms with Crippen LogP contribution in [-0.2, 0) is 14.3 Å². The Labute approximate surface area is 223 Å². The van der Waals surface area contributed by atoms with E-state index in [0.29, 0.717) is 48.2 Å². The number of diazo groups is 1. The van der Waals surface area contributed by atoms with Crippen LogP contribution in [0.5, 0.6) is 0 Å². The topological polar surface area (TPSA) is 91.8 Å². The Balaban J connectivity index is 1.45. The summed E-state index contributed by atoms with van der Waals surface area (Å²) in [6.07, 6.45) is 11.4. The first-order valence-corrected chi connectivity index (χ1v) is 14.9. The van der Waals surface area contributed by atoms with Crippen LogP contribution in [0.1, 0.15) is 112 Å². The Morgan fingerprint density at radius 1 is 1.08 bits per heavy atom. The fourth-order valence-electron chi connectivity index (χ4n) is 9.60. The molecule has 0 aromatic heterocycles. The maximum atomic E-state index is 13.7. The average Bonchev–Trinajstić information content (AvgIpc) is 3.17. The Kier molecular flexibility index (Phi) is 8.13. The van der Waals surface area contributed by atoms with Gasteiger partial charge in [-0.1, -0.05) is 53.9 Å². The van der Waals surface area contributed by atoms with Crippen LogP contribution in [-0.4, -0.2) is 23.0 Å². The van der Waals surface area contributed by atoms with E-state index in [-0.39, 0.29) is 17.1 Å². The van der Waals surface area contributed by atoms with E-state index < -0.39 is 17.8 Å². The zero-order valence-corrected chi connectivity index (χ0v) is 24.0. The van der Waals surface area contributed by atoms with E-state index in [9.17, 15) is 14.7 Å². The number of rotatable bonds is 7. The lowest BCUT2D eigenvalue weighted by atomic mass is 9.44. The molecule has 6 heteroatoms. The van der Waals surface area contributed by atoms with Crippen molar-refractivity contribution in [2.75, 3.05) is 0 Å². The van der Waals surface area contributed by atoms with Gasteiger partial charge in [-0.2, -0.15) is 0 Å². The van der Waals surface area contributed by atoms with Crippen molar-refractivity contribution in [3.63, 3.8) is 0 Å². The van der Waals surface area contributed by atoms with E-state index in [2.05, 4.69) is 39.6 Å². The van der Waals surface area contributed by atoms with Gasteiger partial charge in [-0.15, -0.1) is 0 Å². The lowest BCUT2D eigenvalue weighted by Crippen LogP contribution is -2.57. The number of aliphatic hydroxyl groups excluding tert-OH is 1. The molecule has 0 aromatic carbocycles. The van der Waals surface area contributed by atoms with Crippen LogP contribution in [0.4, 0.5) is 0 Å². The van der Waals surface area contributed by atoms with Gasteiger partial charge in [0.05, 0.1) is 0 Å². The molecule has 0 aromatic rings. The predicted octanol–water partition coefficient (Wildman–Crippen LogP) is 7.84. The van der Waals surface area contributed by atoms with Crippen molar-refractivity contribution in [2.45, 2.75) is 118 Å². The van der Waals surface area contributed by atoms with Crippen LogP contribution >= 0.6 is 0 Å². The molecule has 4 aliphatic carbocycles. The smallest absolute Gasteiger partial charge is 0.504 e. The number of carbonyl (C=O) groups is 2. The molecule has 0 heterocycles. The maximum absolute atomic E-state index is 13.7. The first kappa shape index (κ1) is 28.1. The van der Waals surface area contributed by atoms with Gasteiger partial charge in [0, 0.05) is 19.3 Å². The van der Waals surface area contributed by atoms with Gasteiger partial charge in [0.1, 0.15) is 11.9 Å². The largest absolute Gasteiger partial charge is 0.505 e. The molecule has 0 unspecified atom stereocenters. The number of hydrogen-bond donors (Lipinski definition) is 1. The van der Waals surface area contributed by atoms with Crippen molar-refractivity contribution < 1.29 is 19.4 Å². The SMILES string of the molecule is C/C(O)=C(\[N+]#N)C(=O)O[C@H]1CC[C@@]2(C)[C@H](C1)C(=O)C[C@@H]1[C@@H]2CC[C@]2(C)[C@@H]([C@H](C)CCCC(C)C)CC[C@@H]12. The second kappa shape index (κ2) is 10.7. The molecule has 1 N–H and O–H groups in total. The molecule has 4 aliphatic rings. The predicted molar refractivity (Wildman–Crippen MR) is 144 cm³/mol. The third-order valence-electron chi connectivity index (χ3n) is 11.5. The Morgan fingerprint density at radius 3 is 2.41 bits per heavy atom. The standard InChI is InChI=1S/C31H48N2O4/c1-18(2)8-7-9-19(3)23-10-11-24-22-17-27(35)26-16-21(37-29(36)28(33-32)20(4)34)12-14-31(26,6)25(22)13-15-30(23,24)5/h18-19,21-26H,7-17H2,1-6H3/p+1/t19-,21+,22+,23-,24+,25+,26-,30-,31-/m1/s1. The van der Waals surface area contributed by atoms with Gasteiger partial charge < -0.3 is 9.84 Å². The fraction of sp³-hybridized carbons (Fsp3) is 0.871. The Bertz CT molecular complexity index is 963. The first-order chi connectivity index (χ1) is 17.4. The molecule has 9 atom stereocenters. The minimum absolute atomic E-state index is 0.0435. The molecule has 0 radical (unpaired) electrons. The molecule has 206 valence electrons. The van der Waals surface area contributed by atoms with Crippen LogP contribution in [0.15, 0.2) is 11.5 Å². The lowest BCUT2D eigenvalue weighted by Gasteiger charge is -2.60. The summed E-state index contributed by atoms with van der Waals surface area (Å²) in [5, 5.41) is 18.7. The molecule has 0 aliphatic heterocycles. The zero-order chi connectivity index (χ0) is 27.1. The van der Waals surface area contributed by atoms with Crippen molar-refractivity contribution in [2.24, 2.45) is 52.3 Å². The van der Waals surface area contributed by atoms with Crippen molar-refractivity contribution in [1.82, 2.24) is 0 Å². The molecule has 0 amide bonds. The number of allylic oxidation sites excluding steroid dienone is 1. The molecule has 4 fully saturated rings. The number of hydrogen-bond acceptors (Lipinski definition) is 5. The molecule has 0 spiro atoms. The van der Waals surface area contributed by atoms with Gasteiger partial charge in [0.15, 0.2) is 10.7 Å². The normalized spacial score (nSPS) is 40.6. The summed E-state index contributed by atoms with van der Waals surface area (Å²) in [4.78, 5) is 29.0. The van der Waals surface area contributed by atoms with E-state index in [0.717, 1.165) is 24.2 Å². The van der Waals surface area contributed by atoms with E-state index in [4.69, 9.17) is 10.1 Å². The van der Waals surface area contributed by atoms with Gasteiger partial charge in [0.2, 0.25) is 5.39 Å². The quantitative estimate of drug-likeness (QED) is 0.162. The van der Waals surface area contributed by atoms with E-state index in [1.165, 1.54) is 51.9 Å². The summed E-state index contributed by atoms with van der Waals surface area (Å²) in [7, 11) is 0. The number of nitrogens with zero attached hydrogens (tertiary/aromatic N) is 2. The van der Waals surface area contributed by atoms with Gasteiger partial charge in [-0.05, 0) is 91.3 Å². The van der Waals surface area contributed by atoms with Crippen molar-refractivity contribution >= 4 is 11.8 Å². The fourth-order valence-corrected chi connectivity index (χ4v) is 9.60. The molecular weight excluding hydrogens is 464 g/mol. The minimum atomic E-state index is -0.829. The second-order valence-electron chi connectivity index (χ2n) is 14.0. The molecular formula is C31H49N2O4+. The van der Waals surface area contributed by atoms with Crippen LogP contribution in [0, 0.1) is 57.6 Å². The monoisotopic (exact) mass is 513 g/mol. The number of aliphatic hydroxyl groups is 1. The minimum Gasteiger partial charge on any atom is -0.505 e. The highest BCUT2D eigenvalue weighted by molar-refractivity contribution is 5.90. The average molecular weight is 514 g/mol. The molecule has 37 heavy (non-hydrogen) atoms. The third kappa shape index (κ3) is 5.09. The molecule has 0 bridgehead atoms. The molecule has 4 saturated carbocycles. The van der Waals surface area contributed by atoms with Crippen LogP contribution in [0.2, 0.25) is 0 Å². The highest BCUT2D eigenvalue weighted by atomic mass is 16.5. The highest BCUT2D eigenvalue weighted by Gasteiger charge is 2.62. The van der Waals surface area contributed by atoms with Gasteiger partial charge in [0.25, 0.3) is 0 Å². The summed E-state index contributed by atoms with van der Waals surface area (Å²) in [6.45, 7) is 13.3. The number of ketones is 1. The van der Waals surface area contributed by atoms with E-state index in [1.54, 1.807) is 0 Å². The van der Waals surface area contributed by atoms with Gasteiger partial charge >= 0.3 is 11.7 Å². The molecule has 0 saturated heterocycles. The second-order valence-corrected chi connectivity index (χ2v) is 14.0. The Morgan fingerprint density at radius 2 is 1.76 bits per heavy atom. The van der Waals surface area contributed by atoms with Crippen LogP contribution < -0.4 is 0 Å². The van der Waals surface area contributed by atoms with Gasteiger partial charge in [-0.25, -0.2) is 4.79 Å². The third-order valence-corrected chi connectivity index (χ3v) is 11.5. The van der Waals surface area contributed by atoms with E-state index >= 15 is 0 Å². The zero-order valence-electron chi connectivity index (χ0n) is 24.0.